The molecule has 0 bridgehead atoms. The fourth-order valence-corrected chi connectivity index (χ4v) is 8.39. The Labute approximate surface area is 386 Å². The van der Waals surface area contributed by atoms with Gasteiger partial charge in [0.1, 0.15) is 24.3 Å². The number of imide groups is 1. The topological polar surface area (TPSA) is 242 Å². The number of fused-ring (bicyclic) bond motifs is 1. The third-order valence-electron chi connectivity index (χ3n) is 10.2. The second-order valence-electron chi connectivity index (χ2n) is 14.8. The van der Waals surface area contributed by atoms with E-state index < -0.39 is 45.2 Å². The zero-order valence-electron chi connectivity index (χ0n) is 35.4. The van der Waals surface area contributed by atoms with Gasteiger partial charge in [0.15, 0.2) is 0 Å². The number of carbonyl (C=O) groups is 5. The van der Waals surface area contributed by atoms with Crippen molar-refractivity contribution in [3.63, 3.8) is 0 Å². The normalized spacial score (nSPS) is 14.8. The third-order valence-corrected chi connectivity index (χ3v) is 12.2. The van der Waals surface area contributed by atoms with E-state index in [4.69, 9.17) is 18.9 Å². The summed E-state index contributed by atoms with van der Waals surface area (Å²) in [6.45, 7) is 3.23. The van der Waals surface area contributed by atoms with E-state index in [0.717, 1.165) is 0 Å². The van der Waals surface area contributed by atoms with Gasteiger partial charge in [-0.15, -0.1) is 0 Å². The lowest BCUT2D eigenvalue weighted by Crippen LogP contribution is -2.52. The van der Waals surface area contributed by atoms with Crippen LogP contribution in [0.5, 0.6) is 0 Å². The van der Waals surface area contributed by atoms with E-state index in [0.29, 0.717) is 20.4 Å². The number of aryl methyl sites for hydroxylation is 1. The van der Waals surface area contributed by atoms with Gasteiger partial charge in [0, 0.05) is 58.1 Å². The molecule has 1 aromatic heterocycles. The minimum absolute atomic E-state index is 0.0183. The van der Waals surface area contributed by atoms with Crippen LogP contribution in [0.2, 0.25) is 0 Å². The standard InChI is InChI=1S/C43H47FIN7O12S/c1-26-22-35(39(51(2)42(26)57)48-34-11-8-28(45)23-32(34)44)50-65(59,60)29-9-6-27(7-10-29)40(55)46-14-15-61-16-17-62-18-19-63-20-21-64-25-38(54)47-33-5-3-4-30-31(33)24-52(43(30)58)36-12-13-37(53)49-41(36)56/h3-11,22-23,36,48,50H,12-21,24-25H2,1-2H3,(H,46,55)(H,47,54)(H,49,53,56). The Hall–Kier alpha value is -5.79. The van der Waals surface area contributed by atoms with Crippen molar-refractivity contribution in [2.24, 2.45) is 7.05 Å². The number of hydrogen-bond acceptors (Lipinski definition) is 13. The molecule has 346 valence electrons. The molecule has 4 aromatic rings. The summed E-state index contributed by atoms with van der Waals surface area (Å²) < 4.78 is 67.6. The van der Waals surface area contributed by atoms with Gasteiger partial charge >= 0.3 is 0 Å². The summed E-state index contributed by atoms with van der Waals surface area (Å²) in [4.78, 5) is 76.1. The summed E-state index contributed by atoms with van der Waals surface area (Å²) in [6, 6.07) is 15.2. The van der Waals surface area contributed by atoms with Crippen LogP contribution in [-0.4, -0.2) is 113 Å². The van der Waals surface area contributed by atoms with Crippen LogP contribution in [0.25, 0.3) is 0 Å². The Morgan fingerprint density at radius 2 is 1.54 bits per heavy atom. The average Bonchev–Trinajstić information content (AvgIpc) is 3.61. The first kappa shape index (κ1) is 48.7. The van der Waals surface area contributed by atoms with E-state index in [1.165, 1.54) is 65.9 Å². The molecular formula is C43H47FIN7O12S. The number of hydrogen-bond donors (Lipinski definition) is 5. The van der Waals surface area contributed by atoms with Crippen LogP contribution >= 0.6 is 22.6 Å². The molecule has 19 nitrogen and oxygen atoms in total. The summed E-state index contributed by atoms with van der Waals surface area (Å²) in [6.07, 6.45) is 0.377. The Kier molecular flexibility index (Phi) is 16.8. The molecule has 5 N–H and O–H groups in total. The lowest BCUT2D eigenvalue weighted by molar-refractivity contribution is -0.137. The van der Waals surface area contributed by atoms with Gasteiger partial charge in [-0.25, -0.2) is 12.8 Å². The van der Waals surface area contributed by atoms with Crippen molar-refractivity contribution < 1.29 is 55.7 Å². The Balaban J connectivity index is 0.815. The highest BCUT2D eigenvalue weighted by Crippen LogP contribution is 2.33. The van der Waals surface area contributed by atoms with Gasteiger partial charge in [-0.3, -0.25) is 43.4 Å². The molecule has 0 saturated carbocycles. The molecule has 6 rings (SSSR count). The minimum atomic E-state index is -4.21. The highest BCUT2D eigenvalue weighted by atomic mass is 127. The molecule has 1 atom stereocenters. The molecule has 3 heterocycles. The summed E-state index contributed by atoms with van der Waals surface area (Å²) >= 11 is 1.96. The predicted octanol–water partition coefficient (Wildman–Crippen LogP) is 3.18. The summed E-state index contributed by atoms with van der Waals surface area (Å²) in [7, 11) is -2.77. The minimum Gasteiger partial charge on any atom is -0.377 e. The van der Waals surface area contributed by atoms with E-state index in [1.807, 2.05) is 22.6 Å². The molecule has 2 aliphatic rings. The first-order valence-electron chi connectivity index (χ1n) is 20.3. The van der Waals surface area contributed by atoms with Gasteiger partial charge in [0.05, 0.1) is 62.5 Å². The number of ether oxygens (including phenoxy) is 4. The number of carbonyl (C=O) groups excluding carboxylic acids is 5. The number of halogens is 2. The molecule has 1 fully saturated rings. The number of pyridine rings is 1. The first-order chi connectivity index (χ1) is 31.1. The largest absolute Gasteiger partial charge is 0.377 e. The van der Waals surface area contributed by atoms with Gasteiger partial charge < -0.3 is 39.8 Å². The number of anilines is 4. The molecular weight excluding hydrogens is 984 g/mol. The van der Waals surface area contributed by atoms with Crippen LogP contribution in [0.3, 0.4) is 0 Å². The number of nitrogens with one attached hydrogen (secondary N) is 5. The van der Waals surface area contributed by atoms with Gasteiger partial charge in [-0.1, -0.05) is 6.07 Å². The van der Waals surface area contributed by atoms with E-state index in [1.54, 1.807) is 24.3 Å². The number of sulfonamides is 1. The second-order valence-corrected chi connectivity index (χ2v) is 17.7. The maximum Gasteiger partial charge on any atom is 0.262 e. The molecule has 5 amide bonds. The average molecular weight is 1030 g/mol. The van der Waals surface area contributed by atoms with Crippen molar-refractivity contribution in [2.45, 2.75) is 37.2 Å². The lowest BCUT2D eigenvalue weighted by Gasteiger charge is -2.29. The van der Waals surface area contributed by atoms with Crippen molar-refractivity contribution in [1.29, 1.82) is 0 Å². The Morgan fingerprint density at radius 3 is 2.22 bits per heavy atom. The fourth-order valence-electron chi connectivity index (χ4n) is 6.88. The molecule has 1 saturated heterocycles. The van der Waals surface area contributed by atoms with Crippen molar-refractivity contribution in [2.75, 3.05) is 74.8 Å². The van der Waals surface area contributed by atoms with Crippen molar-refractivity contribution in [3.05, 3.63) is 109 Å². The number of nitrogens with zero attached hydrogens (tertiary/aromatic N) is 2. The summed E-state index contributed by atoms with van der Waals surface area (Å²) in [5.41, 5.74) is 1.54. The predicted molar refractivity (Wildman–Crippen MR) is 243 cm³/mol. The molecule has 1 unspecified atom stereocenters. The van der Waals surface area contributed by atoms with E-state index in [2.05, 4.69) is 26.0 Å². The van der Waals surface area contributed by atoms with Crippen LogP contribution < -0.4 is 31.5 Å². The van der Waals surface area contributed by atoms with Crippen molar-refractivity contribution in [1.82, 2.24) is 20.1 Å². The molecule has 0 aliphatic carbocycles. The molecule has 0 spiro atoms. The van der Waals surface area contributed by atoms with Gasteiger partial charge in [0.2, 0.25) is 17.7 Å². The maximum absolute atomic E-state index is 14.7. The SMILES string of the molecule is Cc1cc(NS(=O)(=O)c2ccc(C(=O)NCCOCCOCCOCCOCC(=O)Nc3cccc4c3CN(C3CCC(=O)NC3=O)C4=O)cc2)c(Nc2ccc(I)cc2F)n(C)c1=O. The molecule has 22 heteroatoms. The van der Waals surface area contributed by atoms with Crippen molar-refractivity contribution >= 4 is 85.0 Å². The van der Waals surface area contributed by atoms with Gasteiger partial charge in [-0.2, -0.15) is 0 Å². The number of piperidine rings is 1. The highest BCUT2D eigenvalue weighted by Gasteiger charge is 2.40. The zero-order valence-corrected chi connectivity index (χ0v) is 38.3. The van der Waals surface area contributed by atoms with Gasteiger partial charge in [0.25, 0.3) is 27.4 Å². The first-order valence-corrected chi connectivity index (χ1v) is 22.9. The van der Waals surface area contributed by atoms with E-state index >= 15 is 0 Å². The summed E-state index contributed by atoms with van der Waals surface area (Å²) in [5, 5.41) is 10.6. The van der Waals surface area contributed by atoms with E-state index in [9.17, 15) is 41.6 Å². The molecule has 3 aromatic carbocycles. The zero-order chi connectivity index (χ0) is 46.7. The smallest absolute Gasteiger partial charge is 0.262 e. The quantitative estimate of drug-likeness (QED) is 0.0433. The Morgan fingerprint density at radius 1 is 0.862 bits per heavy atom. The number of amides is 5. The molecule has 0 radical (unpaired) electrons. The lowest BCUT2D eigenvalue weighted by atomic mass is 10.0. The second kappa shape index (κ2) is 22.4. The number of benzene rings is 3. The van der Waals surface area contributed by atoms with E-state index in [-0.39, 0.29) is 124 Å². The maximum atomic E-state index is 14.7. The highest BCUT2D eigenvalue weighted by molar-refractivity contribution is 14.1. The van der Waals surface area contributed by atoms with Crippen LogP contribution in [0.1, 0.15) is 44.7 Å². The Bertz CT molecular complexity index is 2610. The van der Waals surface area contributed by atoms with Crippen LogP contribution in [0.4, 0.5) is 27.3 Å². The molecule has 65 heavy (non-hydrogen) atoms. The third kappa shape index (κ3) is 12.7. The molecule has 2 aliphatic heterocycles. The van der Waals surface area contributed by atoms with Crippen LogP contribution in [0, 0.1) is 16.3 Å². The summed E-state index contributed by atoms with van der Waals surface area (Å²) in [5.74, 6) is -2.65. The fraction of sp³-hybridized carbons (Fsp3) is 0.349. The number of rotatable bonds is 22. The van der Waals surface area contributed by atoms with Gasteiger partial charge in [-0.05, 0) is 96.6 Å². The van der Waals surface area contributed by atoms with Crippen LogP contribution in [-0.2, 0) is 56.9 Å². The monoisotopic (exact) mass is 1030 g/mol. The van der Waals surface area contributed by atoms with Crippen molar-refractivity contribution in [3.8, 4) is 0 Å². The number of aromatic nitrogens is 1. The van der Waals surface area contributed by atoms with Crippen LogP contribution in [0.15, 0.2) is 76.4 Å².